The zero-order valence-electron chi connectivity index (χ0n) is 12.4. The van der Waals surface area contributed by atoms with Crippen LogP contribution in [0, 0.1) is 26.7 Å². The van der Waals surface area contributed by atoms with Gasteiger partial charge in [0.15, 0.2) is 0 Å². The smallest absolute Gasteiger partial charge is 0.322 e. The summed E-state index contributed by atoms with van der Waals surface area (Å²) in [4.78, 5) is 11.3. The quantitative estimate of drug-likeness (QED) is 0.871. The van der Waals surface area contributed by atoms with E-state index in [9.17, 15) is 13.2 Å². The van der Waals surface area contributed by atoms with E-state index in [2.05, 4.69) is 4.72 Å². The summed E-state index contributed by atoms with van der Waals surface area (Å²) in [5.74, 6) is -1.51. The number of rotatable bonds is 5. The highest BCUT2D eigenvalue weighted by atomic mass is 32.2. The molecule has 112 valence electrons. The Morgan fingerprint density at radius 3 is 2.05 bits per heavy atom. The van der Waals surface area contributed by atoms with Crippen molar-refractivity contribution in [1.82, 2.24) is 4.72 Å². The van der Waals surface area contributed by atoms with Crippen molar-refractivity contribution >= 4 is 16.0 Å². The lowest BCUT2D eigenvalue weighted by molar-refractivity contribution is -0.140. The molecule has 1 aromatic carbocycles. The molecule has 0 saturated heterocycles. The summed E-state index contributed by atoms with van der Waals surface area (Å²) in [7, 11) is -3.85. The van der Waals surface area contributed by atoms with Crippen LogP contribution in [0.15, 0.2) is 17.0 Å². The number of carbonyl (C=O) groups is 1. The first-order chi connectivity index (χ1) is 9.06. The number of carboxylic acids is 1. The Kier molecular flexibility index (Phi) is 4.94. The lowest BCUT2D eigenvalue weighted by Crippen LogP contribution is -2.44. The molecular formula is C14H21NO4S. The summed E-state index contributed by atoms with van der Waals surface area (Å²) < 4.78 is 27.0. The molecule has 0 aliphatic rings. The number of nitrogens with one attached hydrogen (secondary N) is 1. The molecule has 1 atom stereocenters. The SMILES string of the molecule is Cc1cc(C)c(S(=O)(=O)NC(C(=O)O)C(C)C)cc1C. The Bertz CT molecular complexity index is 620. The third kappa shape index (κ3) is 3.58. The molecule has 0 aliphatic heterocycles. The highest BCUT2D eigenvalue weighted by Crippen LogP contribution is 2.20. The van der Waals surface area contributed by atoms with Gasteiger partial charge in [-0.1, -0.05) is 19.9 Å². The molecule has 1 rings (SSSR count). The zero-order valence-corrected chi connectivity index (χ0v) is 13.2. The van der Waals surface area contributed by atoms with Gasteiger partial charge in [0.05, 0.1) is 4.90 Å². The van der Waals surface area contributed by atoms with Crippen molar-refractivity contribution in [3.8, 4) is 0 Å². The summed E-state index contributed by atoms with van der Waals surface area (Å²) in [6, 6.07) is 2.22. The Balaban J connectivity index is 3.24. The van der Waals surface area contributed by atoms with E-state index in [4.69, 9.17) is 5.11 Å². The number of aryl methyl sites for hydroxylation is 3. The van der Waals surface area contributed by atoms with Crippen molar-refractivity contribution in [2.45, 2.75) is 45.6 Å². The van der Waals surface area contributed by atoms with Crippen molar-refractivity contribution < 1.29 is 18.3 Å². The van der Waals surface area contributed by atoms with E-state index in [0.717, 1.165) is 11.1 Å². The topological polar surface area (TPSA) is 83.5 Å². The van der Waals surface area contributed by atoms with Gasteiger partial charge in [-0.2, -0.15) is 4.72 Å². The maximum Gasteiger partial charge on any atom is 0.322 e. The highest BCUT2D eigenvalue weighted by Gasteiger charge is 2.29. The normalized spacial score (nSPS) is 13.5. The third-order valence-corrected chi connectivity index (χ3v) is 4.88. The summed E-state index contributed by atoms with van der Waals surface area (Å²) in [5, 5.41) is 9.09. The molecule has 0 amide bonds. The Hall–Kier alpha value is -1.40. The summed E-state index contributed by atoms with van der Waals surface area (Å²) in [6.45, 7) is 8.75. The van der Waals surface area contributed by atoms with E-state index in [1.165, 1.54) is 0 Å². The van der Waals surface area contributed by atoms with Crippen LogP contribution in [0.25, 0.3) is 0 Å². The molecule has 20 heavy (non-hydrogen) atoms. The fourth-order valence-electron chi connectivity index (χ4n) is 1.93. The molecule has 0 spiro atoms. The number of hydrogen-bond acceptors (Lipinski definition) is 3. The maximum absolute atomic E-state index is 12.4. The van der Waals surface area contributed by atoms with Crippen LogP contribution in [0.5, 0.6) is 0 Å². The third-order valence-electron chi connectivity index (χ3n) is 3.30. The second kappa shape index (κ2) is 5.93. The van der Waals surface area contributed by atoms with Crippen molar-refractivity contribution in [3.63, 3.8) is 0 Å². The van der Waals surface area contributed by atoms with Gasteiger partial charge in [-0.3, -0.25) is 4.79 Å². The van der Waals surface area contributed by atoms with Crippen LogP contribution < -0.4 is 4.72 Å². The fraction of sp³-hybridized carbons (Fsp3) is 0.500. The van der Waals surface area contributed by atoms with Crippen LogP contribution >= 0.6 is 0 Å². The fourth-order valence-corrected chi connectivity index (χ4v) is 3.57. The first kappa shape index (κ1) is 16.7. The number of benzene rings is 1. The maximum atomic E-state index is 12.4. The van der Waals surface area contributed by atoms with Gasteiger partial charge in [0, 0.05) is 0 Å². The molecule has 0 bridgehead atoms. The van der Waals surface area contributed by atoms with E-state index in [0.29, 0.717) is 5.56 Å². The van der Waals surface area contributed by atoms with Gasteiger partial charge < -0.3 is 5.11 Å². The van der Waals surface area contributed by atoms with Crippen LogP contribution in [0.4, 0.5) is 0 Å². The number of carboxylic acid groups (broad SMARTS) is 1. The van der Waals surface area contributed by atoms with Gasteiger partial charge in [-0.05, 0) is 49.4 Å². The van der Waals surface area contributed by atoms with E-state index in [1.807, 2.05) is 13.8 Å². The minimum Gasteiger partial charge on any atom is -0.480 e. The van der Waals surface area contributed by atoms with Gasteiger partial charge in [0.25, 0.3) is 0 Å². The van der Waals surface area contributed by atoms with Crippen LogP contribution in [0.2, 0.25) is 0 Å². The first-order valence-corrected chi connectivity index (χ1v) is 7.87. The van der Waals surface area contributed by atoms with Crippen LogP contribution in [-0.4, -0.2) is 25.5 Å². The van der Waals surface area contributed by atoms with E-state index < -0.39 is 22.0 Å². The monoisotopic (exact) mass is 299 g/mol. The average Bonchev–Trinajstić information content (AvgIpc) is 2.30. The Labute approximate surface area is 120 Å². The second-order valence-corrected chi connectivity index (χ2v) is 7.07. The van der Waals surface area contributed by atoms with Gasteiger partial charge in [0.1, 0.15) is 6.04 Å². The summed E-state index contributed by atoms with van der Waals surface area (Å²) >= 11 is 0. The van der Waals surface area contributed by atoms with Gasteiger partial charge >= 0.3 is 5.97 Å². The largest absolute Gasteiger partial charge is 0.480 e. The van der Waals surface area contributed by atoms with Crippen molar-refractivity contribution in [2.24, 2.45) is 5.92 Å². The second-order valence-electron chi connectivity index (χ2n) is 5.38. The van der Waals surface area contributed by atoms with Crippen LogP contribution in [-0.2, 0) is 14.8 Å². The average molecular weight is 299 g/mol. The lowest BCUT2D eigenvalue weighted by atomic mass is 10.1. The Morgan fingerprint density at radius 1 is 1.10 bits per heavy atom. The highest BCUT2D eigenvalue weighted by molar-refractivity contribution is 7.89. The van der Waals surface area contributed by atoms with E-state index >= 15 is 0 Å². The molecular weight excluding hydrogens is 278 g/mol. The molecule has 1 unspecified atom stereocenters. The first-order valence-electron chi connectivity index (χ1n) is 6.39. The minimum absolute atomic E-state index is 0.132. The van der Waals surface area contributed by atoms with Crippen molar-refractivity contribution in [2.75, 3.05) is 0 Å². The molecule has 0 radical (unpaired) electrons. The number of hydrogen-bond donors (Lipinski definition) is 2. The lowest BCUT2D eigenvalue weighted by Gasteiger charge is -2.19. The van der Waals surface area contributed by atoms with Gasteiger partial charge in [-0.15, -0.1) is 0 Å². The zero-order chi connectivity index (χ0) is 15.7. The van der Waals surface area contributed by atoms with E-state index in [1.54, 1.807) is 32.9 Å². The molecule has 0 fully saturated rings. The molecule has 0 aromatic heterocycles. The van der Waals surface area contributed by atoms with Crippen LogP contribution in [0.1, 0.15) is 30.5 Å². The molecule has 0 heterocycles. The molecule has 2 N–H and O–H groups in total. The summed E-state index contributed by atoms with van der Waals surface area (Å²) in [5.41, 5.74) is 2.46. The van der Waals surface area contributed by atoms with Crippen molar-refractivity contribution in [3.05, 3.63) is 28.8 Å². The van der Waals surface area contributed by atoms with Gasteiger partial charge in [-0.25, -0.2) is 8.42 Å². The predicted octanol–water partition coefficient (Wildman–Crippen LogP) is 2.00. The van der Waals surface area contributed by atoms with E-state index in [-0.39, 0.29) is 10.8 Å². The Morgan fingerprint density at radius 2 is 1.60 bits per heavy atom. The van der Waals surface area contributed by atoms with Crippen LogP contribution in [0.3, 0.4) is 0 Å². The number of aliphatic carboxylic acids is 1. The molecule has 6 heteroatoms. The summed E-state index contributed by atoms with van der Waals surface area (Å²) in [6.07, 6.45) is 0. The molecule has 0 aliphatic carbocycles. The number of sulfonamides is 1. The standard InChI is InChI=1S/C14H21NO4S/c1-8(2)13(14(16)17)15-20(18,19)12-7-10(4)9(3)6-11(12)5/h6-8,13,15H,1-5H3,(H,16,17). The molecule has 0 saturated carbocycles. The predicted molar refractivity (Wildman–Crippen MR) is 77.2 cm³/mol. The minimum atomic E-state index is -3.85. The molecule has 1 aromatic rings. The molecule has 5 nitrogen and oxygen atoms in total. The van der Waals surface area contributed by atoms with Crippen molar-refractivity contribution in [1.29, 1.82) is 0 Å². The van der Waals surface area contributed by atoms with Gasteiger partial charge in [0.2, 0.25) is 10.0 Å².